The fraction of sp³-hybridized carbons (Fsp3) is 0.314. The van der Waals surface area contributed by atoms with Crippen molar-refractivity contribution in [2.45, 2.75) is 69.6 Å². The molecule has 2 nitrogen and oxygen atoms in total. The van der Waals surface area contributed by atoms with Gasteiger partial charge in [-0.05, 0) is 59.4 Å². The number of phenols is 2. The van der Waals surface area contributed by atoms with Crippen LogP contribution in [-0.4, -0.2) is 10.2 Å². The quantitative estimate of drug-likeness (QED) is 0.299. The van der Waals surface area contributed by atoms with Gasteiger partial charge >= 0.3 is 0 Å². The molecule has 5 rings (SSSR count). The Hall–Kier alpha value is -3.52. The van der Waals surface area contributed by atoms with E-state index >= 15 is 0 Å². The Morgan fingerprint density at radius 3 is 1.22 bits per heavy atom. The average Bonchev–Trinajstić information content (AvgIpc) is 3.00. The number of aromatic hydroxyl groups is 2. The summed E-state index contributed by atoms with van der Waals surface area (Å²) in [4.78, 5) is 0. The van der Waals surface area contributed by atoms with Crippen molar-refractivity contribution >= 4 is 0 Å². The Balaban J connectivity index is 1.67. The summed E-state index contributed by atoms with van der Waals surface area (Å²) in [6.07, 6.45) is 12.2. The van der Waals surface area contributed by atoms with Gasteiger partial charge in [-0.1, -0.05) is 124 Å². The zero-order chi connectivity index (χ0) is 25.5. The highest BCUT2D eigenvalue weighted by molar-refractivity contribution is 5.73. The second-order valence-electron chi connectivity index (χ2n) is 10.6. The van der Waals surface area contributed by atoms with Crippen LogP contribution >= 0.6 is 0 Å². The fourth-order valence-corrected chi connectivity index (χ4v) is 6.15. The Morgan fingerprint density at radius 2 is 0.811 bits per heavy atom. The zero-order valence-electron chi connectivity index (χ0n) is 21.7. The SMILES string of the molecule is Oc1ccc(C2(c3ccc(O)c(-c4ccccc4)c3)CCCCCCCCCC2)cc1-c1ccccc1. The van der Waals surface area contributed by atoms with E-state index in [1.807, 2.05) is 48.5 Å². The molecule has 4 aromatic carbocycles. The molecular formula is C35H38O2. The van der Waals surface area contributed by atoms with Crippen LogP contribution in [0.5, 0.6) is 11.5 Å². The lowest BCUT2D eigenvalue weighted by Crippen LogP contribution is -2.28. The van der Waals surface area contributed by atoms with E-state index in [-0.39, 0.29) is 5.41 Å². The van der Waals surface area contributed by atoms with Crippen molar-refractivity contribution in [1.82, 2.24) is 0 Å². The summed E-state index contributed by atoms with van der Waals surface area (Å²) in [5.41, 5.74) is 6.16. The predicted molar refractivity (Wildman–Crippen MR) is 154 cm³/mol. The molecule has 37 heavy (non-hydrogen) atoms. The van der Waals surface area contributed by atoms with Crippen molar-refractivity contribution in [2.75, 3.05) is 0 Å². The minimum absolute atomic E-state index is 0.182. The van der Waals surface area contributed by atoms with E-state index in [4.69, 9.17) is 0 Å². The first-order valence-electron chi connectivity index (χ1n) is 14.0. The van der Waals surface area contributed by atoms with Crippen molar-refractivity contribution in [1.29, 1.82) is 0 Å². The summed E-state index contributed by atoms with van der Waals surface area (Å²) in [5.74, 6) is 0.634. The topological polar surface area (TPSA) is 40.5 Å². The largest absolute Gasteiger partial charge is 0.507 e. The molecule has 190 valence electrons. The van der Waals surface area contributed by atoms with E-state index in [0.29, 0.717) is 11.5 Å². The Bertz CT molecular complexity index is 1190. The van der Waals surface area contributed by atoms with E-state index in [2.05, 4.69) is 48.5 Å². The molecule has 1 aliphatic carbocycles. The van der Waals surface area contributed by atoms with E-state index in [1.54, 1.807) is 0 Å². The van der Waals surface area contributed by atoms with Gasteiger partial charge in [-0.15, -0.1) is 0 Å². The van der Waals surface area contributed by atoms with E-state index in [1.165, 1.54) is 62.5 Å². The van der Waals surface area contributed by atoms with Crippen molar-refractivity contribution in [3.63, 3.8) is 0 Å². The molecule has 2 N–H and O–H groups in total. The lowest BCUT2D eigenvalue weighted by molar-refractivity contribution is 0.399. The van der Waals surface area contributed by atoms with Crippen LogP contribution in [0.3, 0.4) is 0 Å². The number of hydrogen-bond donors (Lipinski definition) is 2. The van der Waals surface area contributed by atoms with Crippen LogP contribution in [0.25, 0.3) is 22.3 Å². The lowest BCUT2D eigenvalue weighted by atomic mass is 9.67. The van der Waals surface area contributed by atoms with Crippen LogP contribution < -0.4 is 0 Å². The molecule has 4 aromatic rings. The standard InChI is InChI=1S/C35H38O2/c36-33-21-19-29(25-31(33)27-15-9-7-10-16-27)35(23-13-5-3-1-2-4-6-14-24-35)30-20-22-34(37)32(26-30)28-17-11-8-12-18-28/h7-12,15-22,25-26,36-37H,1-6,13-14,23-24H2. The first kappa shape index (κ1) is 25.1. The second-order valence-corrected chi connectivity index (χ2v) is 10.6. The van der Waals surface area contributed by atoms with Crippen molar-refractivity contribution in [3.8, 4) is 33.8 Å². The maximum absolute atomic E-state index is 10.9. The molecule has 1 aliphatic rings. The highest BCUT2D eigenvalue weighted by atomic mass is 16.3. The first-order valence-corrected chi connectivity index (χ1v) is 14.0. The maximum atomic E-state index is 10.9. The normalized spacial score (nSPS) is 16.5. The molecule has 0 bridgehead atoms. The van der Waals surface area contributed by atoms with E-state index < -0.39 is 0 Å². The molecule has 2 heteroatoms. The van der Waals surface area contributed by atoms with Gasteiger partial charge < -0.3 is 10.2 Å². The molecule has 0 radical (unpaired) electrons. The Morgan fingerprint density at radius 1 is 0.432 bits per heavy atom. The van der Waals surface area contributed by atoms with Crippen LogP contribution in [0, 0.1) is 0 Å². The van der Waals surface area contributed by atoms with Crippen LogP contribution in [-0.2, 0) is 5.41 Å². The van der Waals surface area contributed by atoms with Crippen molar-refractivity contribution in [3.05, 3.63) is 108 Å². The molecule has 1 saturated carbocycles. The van der Waals surface area contributed by atoms with Gasteiger partial charge in [0.1, 0.15) is 11.5 Å². The highest BCUT2D eigenvalue weighted by Crippen LogP contribution is 2.47. The van der Waals surface area contributed by atoms with Gasteiger partial charge in [0.2, 0.25) is 0 Å². The summed E-state index contributed by atoms with van der Waals surface area (Å²) in [6.45, 7) is 0. The molecule has 0 aromatic heterocycles. The van der Waals surface area contributed by atoms with Gasteiger partial charge in [0.25, 0.3) is 0 Å². The van der Waals surface area contributed by atoms with Gasteiger partial charge in [-0.3, -0.25) is 0 Å². The fourth-order valence-electron chi connectivity index (χ4n) is 6.15. The minimum atomic E-state index is -0.182. The molecule has 0 amide bonds. The molecule has 0 atom stereocenters. The van der Waals surface area contributed by atoms with Crippen LogP contribution in [0.15, 0.2) is 97.1 Å². The third-order valence-electron chi connectivity index (χ3n) is 8.22. The third kappa shape index (κ3) is 5.59. The molecule has 1 fully saturated rings. The van der Waals surface area contributed by atoms with Crippen LogP contribution in [0.1, 0.15) is 75.3 Å². The molecule has 0 unspecified atom stereocenters. The minimum Gasteiger partial charge on any atom is -0.507 e. The first-order chi connectivity index (χ1) is 18.2. The number of rotatable bonds is 4. The summed E-state index contributed by atoms with van der Waals surface area (Å²) < 4.78 is 0. The van der Waals surface area contributed by atoms with Gasteiger partial charge in [-0.2, -0.15) is 0 Å². The second kappa shape index (κ2) is 11.7. The summed E-state index contributed by atoms with van der Waals surface area (Å²) >= 11 is 0. The molecular weight excluding hydrogens is 452 g/mol. The molecule has 0 aliphatic heterocycles. The Labute approximate surface area is 221 Å². The van der Waals surface area contributed by atoms with Crippen molar-refractivity contribution in [2.24, 2.45) is 0 Å². The van der Waals surface area contributed by atoms with E-state index in [9.17, 15) is 10.2 Å². The maximum Gasteiger partial charge on any atom is 0.123 e. The number of phenolic OH excluding ortho intramolecular Hbond substituents is 2. The summed E-state index contributed by atoms with van der Waals surface area (Å²) in [6, 6.07) is 32.9. The van der Waals surface area contributed by atoms with Crippen molar-refractivity contribution < 1.29 is 10.2 Å². The molecule has 0 saturated heterocycles. The average molecular weight is 491 g/mol. The van der Waals surface area contributed by atoms with E-state index in [0.717, 1.165) is 35.1 Å². The summed E-state index contributed by atoms with van der Waals surface area (Å²) in [7, 11) is 0. The van der Waals surface area contributed by atoms with Gasteiger partial charge in [0.05, 0.1) is 0 Å². The highest BCUT2D eigenvalue weighted by Gasteiger charge is 2.35. The lowest BCUT2D eigenvalue weighted by Gasteiger charge is -2.37. The molecule has 0 spiro atoms. The zero-order valence-corrected chi connectivity index (χ0v) is 21.7. The van der Waals surface area contributed by atoms with Gasteiger partial charge in [0, 0.05) is 16.5 Å². The van der Waals surface area contributed by atoms with Crippen LogP contribution in [0.4, 0.5) is 0 Å². The van der Waals surface area contributed by atoms with Gasteiger partial charge in [0.15, 0.2) is 0 Å². The number of benzene rings is 4. The smallest absolute Gasteiger partial charge is 0.123 e. The predicted octanol–water partition coefficient (Wildman–Crippen LogP) is 9.63. The third-order valence-corrected chi connectivity index (χ3v) is 8.22. The number of hydrogen-bond acceptors (Lipinski definition) is 2. The Kier molecular flexibility index (Phi) is 7.94. The van der Waals surface area contributed by atoms with Gasteiger partial charge in [-0.25, -0.2) is 0 Å². The van der Waals surface area contributed by atoms with Crippen LogP contribution in [0.2, 0.25) is 0 Å². The monoisotopic (exact) mass is 490 g/mol. The molecule has 0 heterocycles. The summed E-state index contributed by atoms with van der Waals surface area (Å²) in [5, 5.41) is 21.7.